The Balaban J connectivity index is 2.25. The first kappa shape index (κ1) is 12.2. The molecule has 0 aliphatic heterocycles. The number of hydrogen-bond donors (Lipinski definition) is 1. The summed E-state index contributed by atoms with van der Waals surface area (Å²) in [6.45, 7) is 1.87. The van der Waals surface area contributed by atoms with E-state index in [0.29, 0.717) is 0 Å². The molecule has 0 amide bonds. The molecule has 0 bridgehead atoms. The highest BCUT2D eigenvalue weighted by Gasteiger charge is 2.17. The summed E-state index contributed by atoms with van der Waals surface area (Å²) in [5, 5.41) is 13.7. The van der Waals surface area contributed by atoms with Crippen molar-refractivity contribution in [2.45, 2.75) is 19.4 Å². The van der Waals surface area contributed by atoms with Crippen molar-refractivity contribution in [1.82, 2.24) is 0 Å². The minimum Gasteiger partial charge on any atom is -0.388 e. The molecule has 1 N–H and O–H groups in total. The maximum absolute atomic E-state index is 13.4. The fraction of sp³-hybridized carbons (Fsp3) is 0.231. The molecule has 0 fully saturated rings. The van der Waals surface area contributed by atoms with E-state index in [2.05, 4.69) is 0 Å². The minimum absolute atomic E-state index is 0.0456. The summed E-state index contributed by atoms with van der Waals surface area (Å²) in [4.78, 5) is 0. The molecule has 2 aromatic rings. The number of aryl methyl sites for hydroxylation is 1. The third-order valence-electron chi connectivity index (χ3n) is 2.71. The van der Waals surface area contributed by atoms with Crippen molar-refractivity contribution in [1.29, 1.82) is 0 Å². The molecule has 0 saturated heterocycles. The standard InChI is InChI=1S/C13H12F2OS/c1-8-6-17-7-10(8)13(16)5-9-11(14)3-2-4-12(9)15/h2-4,6-7,13,16H,5H2,1H3. The van der Waals surface area contributed by atoms with Gasteiger partial charge in [-0.3, -0.25) is 0 Å². The molecule has 17 heavy (non-hydrogen) atoms. The average Bonchev–Trinajstić information content (AvgIpc) is 2.70. The van der Waals surface area contributed by atoms with Gasteiger partial charge in [0.05, 0.1) is 6.10 Å². The second-order valence-corrected chi connectivity index (χ2v) is 4.67. The van der Waals surface area contributed by atoms with Crippen LogP contribution in [0.3, 0.4) is 0 Å². The van der Waals surface area contributed by atoms with Crippen molar-refractivity contribution in [2.24, 2.45) is 0 Å². The highest BCUT2D eigenvalue weighted by atomic mass is 32.1. The van der Waals surface area contributed by atoms with Crippen molar-refractivity contribution >= 4 is 11.3 Å². The average molecular weight is 254 g/mol. The van der Waals surface area contributed by atoms with Gasteiger partial charge in [0.1, 0.15) is 11.6 Å². The minimum atomic E-state index is -0.868. The van der Waals surface area contributed by atoms with Gasteiger partial charge in [-0.15, -0.1) is 0 Å². The van der Waals surface area contributed by atoms with Crippen LogP contribution in [0.4, 0.5) is 8.78 Å². The third kappa shape index (κ3) is 2.53. The lowest BCUT2D eigenvalue weighted by Crippen LogP contribution is -2.05. The molecule has 0 spiro atoms. The lowest BCUT2D eigenvalue weighted by atomic mass is 10.0. The van der Waals surface area contributed by atoms with E-state index < -0.39 is 17.7 Å². The number of thiophene rings is 1. The summed E-state index contributed by atoms with van der Waals surface area (Å²) in [7, 11) is 0. The Hall–Kier alpha value is -1.26. The van der Waals surface area contributed by atoms with Gasteiger partial charge in [0, 0.05) is 12.0 Å². The molecular weight excluding hydrogens is 242 g/mol. The number of aliphatic hydroxyl groups is 1. The van der Waals surface area contributed by atoms with E-state index in [1.165, 1.54) is 29.5 Å². The van der Waals surface area contributed by atoms with Gasteiger partial charge in [0.15, 0.2) is 0 Å². The van der Waals surface area contributed by atoms with Gasteiger partial charge in [0.25, 0.3) is 0 Å². The van der Waals surface area contributed by atoms with Gasteiger partial charge in [-0.1, -0.05) is 6.07 Å². The predicted octanol–water partition coefficient (Wildman–Crippen LogP) is 3.61. The molecule has 1 aromatic carbocycles. The van der Waals surface area contributed by atoms with Crippen LogP contribution in [0, 0.1) is 18.6 Å². The van der Waals surface area contributed by atoms with Crippen LogP contribution < -0.4 is 0 Å². The maximum Gasteiger partial charge on any atom is 0.129 e. The van der Waals surface area contributed by atoms with E-state index in [1.54, 1.807) is 5.38 Å². The van der Waals surface area contributed by atoms with E-state index in [1.807, 2.05) is 12.3 Å². The second-order valence-electron chi connectivity index (χ2n) is 3.93. The molecule has 1 aromatic heterocycles. The topological polar surface area (TPSA) is 20.2 Å². The normalized spacial score (nSPS) is 12.7. The van der Waals surface area contributed by atoms with Gasteiger partial charge >= 0.3 is 0 Å². The Morgan fingerprint density at radius 3 is 2.41 bits per heavy atom. The van der Waals surface area contributed by atoms with E-state index in [0.717, 1.165) is 11.1 Å². The largest absolute Gasteiger partial charge is 0.388 e. The Bertz CT molecular complexity index is 502. The van der Waals surface area contributed by atoms with Crippen LogP contribution in [0.25, 0.3) is 0 Å². The van der Waals surface area contributed by atoms with Gasteiger partial charge in [-0.05, 0) is 40.9 Å². The fourth-order valence-corrected chi connectivity index (χ4v) is 2.64. The Labute approximate surface area is 102 Å². The van der Waals surface area contributed by atoms with Crippen LogP contribution in [0.1, 0.15) is 22.8 Å². The summed E-state index contributed by atoms with van der Waals surface area (Å²) in [5.74, 6) is -1.23. The first-order valence-electron chi connectivity index (χ1n) is 5.23. The molecule has 0 aliphatic carbocycles. The summed E-state index contributed by atoms with van der Waals surface area (Å²) in [6.07, 6.45) is -0.913. The number of hydrogen-bond acceptors (Lipinski definition) is 2. The molecule has 0 radical (unpaired) electrons. The number of benzene rings is 1. The van der Waals surface area contributed by atoms with Crippen LogP contribution in [-0.2, 0) is 6.42 Å². The number of aliphatic hydroxyl groups excluding tert-OH is 1. The molecule has 1 atom stereocenters. The van der Waals surface area contributed by atoms with Gasteiger partial charge in [-0.25, -0.2) is 8.78 Å². The summed E-state index contributed by atoms with van der Waals surface area (Å²) in [5.41, 5.74) is 1.61. The lowest BCUT2D eigenvalue weighted by Gasteiger charge is -2.11. The van der Waals surface area contributed by atoms with Crippen LogP contribution in [0.15, 0.2) is 29.0 Å². The molecule has 1 nitrogen and oxygen atoms in total. The van der Waals surface area contributed by atoms with Crippen molar-refractivity contribution < 1.29 is 13.9 Å². The zero-order chi connectivity index (χ0) is 12.4. The van der Waals surface area contributed by atoms with Crippen molar-refractivity contribution in [3.05, 3.63) is 57.3 Å². The maximum atomic E-state index is 13.4. The number of halogens is 2. The molecule has 1 unspecified atom stereocenters. The zero-order valence-electron chi connectivity index (χ0n) is 9.28. The highest BCUT2D eigenvalue weighted by molar-refractivity contribution is 7.08. The van der Waals surface area contributed by atoms with Gasteiger partial charge in [0.2, 0.25) is 0 Å². The summed E-state index contributed by atoms with van der Waals surface area (Å²) < 4.78 is 26.8. The Morgan fingerprint density at radius 2 is 1.88 bits per heavy atom. The smallest absolute Gasteiger partial charge is 0.129 e. The lowest BCUT2D eigenvalue weighted by molar-refractivity contribution is 0.175. The predicted molar refractivity (Wildman–Crippen MR) is 64.1 cm³/mol. The van der Waals surface area contributed by atoms with Crippen molar-refractivity contribution in [2.75, 3.05) is 0 Å². The molecule has 0 aliphatic rings. The third-order valence-corrected chi connectivity index (χ3v) is 3.59. The van der Waals surface area contributed by atoms with Crippen LogP contribution in [0.2, 0.25) is 0 Å². The molecule has 90 valence electrons. The van der Waals surface area contributed by atoms with Gasteiger partial charge in [-0.2, -0.15) is 11.3 Å². The van der Waals surface area contributed by atoms with Crippen molar-refractivity contribution in [3.63, 3.8) is 0 Å². The van der Waals surface area contributed by atoms with E-state index in [9.17, 15) is 13.9 Å². The Morgan fingerprint density at radius 1 is 1.24 bits per heavy atom. The summed E-state index contributed by atoms with van der Waals surface area (Å²) >= 11 is 1.47. The number of rotatable bonds is 3. The SMILES string of the molecule is Cc1cscc1C(O)Cc1c(F)cccc1F. The highest BCUT2D eigenvalue weighted by Crippen LogP contribution is 2.26. The van der Waals surface area contributed by atoms with Crippen molar-refractivity contribution in [3.8, 4) is 0 Å². The summed E-state index contributed by atoms with van der Waals surface area (Å²) in [6, 6.07) is 3.72. The van der Waals surface area contributed by atoms with E-state index in [-0.39, 0.29) is 12.0 Å². The monoisotopic (exact) mass is 254 g/mol. The van der Waals surface area contributed by atoms with E-state index >= 15 is 0 Å². The first-order chi connectivity index (χ1) is 8.09. The molecule has 4 heteroatoms. The van der Waals surface area contributed by atoms with E-state index in [4.69, 9.17) is 0 Å². The van der Waals surface area contributed by atoms with Crippen LogP contribution >= 0.6 is 11.3 Å². The van der Waals surface area contributed by atoms with Crippen LogP contribution in [0.5, 0.6) is 0 Å². The fourth-order valence-electron chi connectivity index (χ4n) is 1.74. The Kier molecular flexibility index (Phi) is 3.54. The zero-order valence-corrected chi connectivity index (χ0v) is 10.1. The van der Waals surface area contributed by atoms with Crippen LogP contribution in [-0.4, -0.2) is 5.11 Å². The molecule has 0 saturated carbocycles. The quantitative estimate of drug-likeness (QED) is 0.887. The first-order valence-corrected chi connectivity index (χ1v) is 6.17. The van der Waals surface area contributed by atoms with Gasteiger partial charge < -0.3 is 5.11 Å². The molecule has 1 heterocycles. The molecule has 2 rings (SSSR count). The second kappa shape index (κ2) is 4.94. The molecular formula is C13H12F2OS.